The summed E-state index contributed by atoms with van der Waals surface area (Å²) >= 11 is 0. The van der Waals surface area contributed by atoms with Crippen LogP contribution < -0.4 is 15.8 Å². The van der Waals surface area contributed by atoms with Gasteiger partial charge in [-0.2, -0.15) is 0 Å². The number of hydrogen-bond acceptors (Lipinski definition) is 5. The Bertz CT molecular complexity index is 588. The number of anilines is 2. The van der Waals surface area contributed by atoms with Gasteiger partial charge in [0.05, 0.1) is 16.3 Å². The van der Waals surface area contributed by atoms with Crippen LogP contribution >= 0.6 is 0 Å². The largest absolute Gasteiger partial charge is 0.397 e. The van der Waals surface area contributed by atoms with Crippen LogP contribution in [-0.2, 0) is 10.0 Å². The normalized spacial score (nSPS) is 21.8. The number of benzene rings is 1. The number of hydrogen-bond donors (Lipinski definition) is 2. The molecule has 0 aliphatic carbocycles. The summed E-state index contributed by atoms with van der Waals surface area (Å²) in [5, 5.41) is 5.20. The maximum atomic E-state index is 11.5. The van der Waals surface area contributed by atoms with Crippen LogP contribution in [0.25, 0.3) is 0 Å². The predicted molar refractivity (Wildman–Crippen MR) is 81.1 cm³/mol. The van der Waals surface area contributed by atoms with E-state index >= 15 is 0 Å². The zero-order valence-electron chi connectivity index (χ0n) is 11.9. The molecule has 1 saturated heterocycles. The molecule has 2 rings (SSSR count). The molecule has 1 aromatic carbocycles. The van der Waals surface area contributed by atoms with Crippen molar-refractivity contribution in [2.75, 3.05) is 37.3 Å². The van der Waals surface area contributed by atoms with Crippen molar-refractivity contribution in [3.8, 4) is 0 Å². The van der Waals surface area contributed by atoms with E-state index in [2.05, 4.69) is 23.8 Å². The van der Waals surface area contributed by atoms with E-state index in [0.29, 0.717) is 5.69 Å². The van der Waals surface area contributed by atoms with Gasteiger partial charge in [-0.05, 0) is 45.1 Å². The highest BCUT2D eigenvalue weighted by atomic mass is 32.2. The first-order valence-corrected chi connectivity index (χ1v) is 8.21. The number of sulfonamides is 1. The third-order valence-electron chi connectivity index (χ3n) is 3.69. The number of rotatable bonds is 2. The maximum absolute atomic E-state index is 11.5. The molecule has 1 aromatic rings. The number of nitrogens with two attached hydrogens (primary N) is 2. The van der Waals surface area contributed by atoms with Gasteiger partial charge in [-0.3, -0.25) is 0 Å². The molecular weight excluding hydrogens is 276 g/mol. The number of likely N-dealkylation sites (N-methyl/N-ethyl adjacent to an activating group) is 1. The Morgan fingerprint density at radius 2 is 2.00 bits per heavy atom. The highest BCUT2D eigenvalue weighted by Crippen LogP contribution is 2.29. The van der Waals surface area contributed by atoms with Crippen LogP contribution in [0.15, 0.2) is 23.1 Å². The molecule has 1 unspecified atom stereocenters. The van der Waals surface area contributed by atoms with E-state index in [4.69, 9.17) is 10.9 Å². The lowest BCUT2D eigenvalue weighted by Gasteiger charge is -2.31. The molecule has 1 fully saturated rings. The summed E-state index contributed by atoms with van der Waals surface area (Å²) in [6.45, 7) is 4.91. The second-order valence-electron chi connectivity index (χ2n) is 5.42. The third-order valence-corrected chi connectivity index (χ3v) is 4.60. The molecule has 7 heteroatoms. The van der Waals surface area contributed by atoms with Crippen molar-refractivity contribution in [2.24, 2.45) is 5.14 Å². The molecule has 1 heterocycles. The average Bonchev–Trinajstić information content (AvgIpc) is 2.49. The molecule has 112 valence electrons. The van der Waals surface area contributed by atoms with Crippen LogP contribution in [0.2, 0.25) is 0 Å². The topological polar surface area (TPSA) is 92.7 Å². The summed E-state index contributed by atoms with van der Waals surface area (Å²) in [5.74, 6) is 0. The van der Waals surface area contributed by atoms with Crippen LogP contribution in [0.1, 0.15) is 13.3 Å². The molecular formula is C13H22N4O2S. The molecule has 1 aliphatic rings. The molecule has 6 nitrogen and oxygen atoms in total. The van der Waals surface area contributed by atoms with Gasteiger partial charge in [0.2, 0.25) is 10.0 Å². The predicted octanol–water partition coefficient (Wildman–Crippen LogP) is 0.447. The Hall–Kier alpha value is -1.31. The van der Waals surface area contributed by atoms with Crippen LogP contribution in [0.5, 0.6) is 0 Å². The van der Waals surface area contributed by atoms with Crippen molar-refractivity contribution in [1.82, 2.24) is 4.90 Å². The maximum Gasteiger partial charge on any atom is 0.238 e. The minimum Gasteiger partial charge on any atom is -0.397 e. The summed E-state index contributed by atoms with van der Waals surface area (Å²) in [7, 11) is -1.62. The van der Waals surface area contributed by atoms with Gasteiger partial charge in [0.1, 0.15) is 0 Å². The van der Waals surface area contributed by atoms with Gasteiger partial charge in [-0.15, -0.1) is 0 Å². The molecule has 0 bridgehead atoms. The van der Waals surface area contributed by atoms with E-state index in [0.717, 1.165) is 31.7 Å². The van der Waals surface area contributed by atoms with Crippen molar-refractivity contribution in [3.05, 3.63) is 18.2 Å². The van der Waals surface area contributed by atoms with Gasteiger partial charge in [-0.25, -0.2) is 13.6 Å². The monoisotopic (exact) mass is 298 g/mol. The highest BCUT2D eigenvalue weighted by molar-refractivity contribution is 7.89. The molecule has 20 heavy (non-hydrogen) atoms. The minimum absolute atomic E-state index is 0.103. The van der Waals surface area contributed by atoms with Crippen molar-refractivity contribution < 1.29 is 8.42 Å². The van der Waals surface area contributed by atoms with E-state index in [1.165, 1.54) is 6.07 Å². The second kappa shape index (κ2) is 5.59. The van der Waals surface area contributed by atoms with Gasteiger partial charge < -0.3 is 15.5 Å². The SMILES string of the molecule is CC1CN(C)CCCN1c1cc(S(N)(=O)=O)ccc1N. The van der Waals surface area contributed by atoms with Gasteiger partial charge >= 0.3 is 0 Å². The Kier molecular flexibility index (Phi) is 4.22. The fourth-order valence-corrected chi connectivity index (χ4v) is 3.21. The summed E-state index contributed by atoms with van der Waals surface area (Å²) < 4.78 is 23.0. The molecule has 0 amide bonds. The Morgan fingerprint density at radius 3 is 2.65 bits per heavy atom. The van der Waals surface area contributed by atoms with Gasteiger partial charge in [0.15, 0.2) is 0 Å². The van der Waals surface area contributed by atoms with E-state index in [-0.39, 0.29) is 10.9 Å². The third kappa shape index (κ3) is 3.23. The van der Waals surface area contributed by atoms with Gasteiger partial charge in [0.25, 0.3) is 0 Å². The minimum atomic E-state index is -3.71. The van der Waals surface area contributed by atoms with E-state index in [9.17, 15) is 8.42 Å². The lowest BCUT2D eigenvalue weighted by molar-refractivity contribution is 0.337. The van der Waals surface area contributed by atoms with Crippen molar-refractivity contribution >= 4 is 21.4 Å². The molecule has 0 radical (unpaired) electrons. The van der Waals surface area contributed by atoms with Crippen LogP contribution in [0.4, 0.5) is 11.4 Å². The smallest absolute Gasteiger partial charge is 0.238 e. The standard InChI is InChI=1S/C13H22N4O2S/c1-10-9-16(2)6-3-7-17(10)13-8-11(20(15,18)19)4-5-12(13)14/h4-5,8,10H,3,6-7,9,14H2,1-2H3,(H2,15,18,19). The van der Waals surface area contributed by atoms with Gasteiger partial charge in [0, 0.05) is 19.1 Å². The fourth-order valence-electron chi connectivity index (χ4n) is 2.68. The first kappa shape index (κ1) is 15.1. The van der Waals surface area contributed by atoms with Gasteiger partial charge in [-0.1, -0.05) is 0 Å². The summed E-state index contributed by atoms with van der Waals surface area (Å²) in [4.78, 5) is 4.53. The molecule has 1 atom stereocenters. The summed E-state index contributed by atoms with van der Waals surface area (Å²) in [6.07, 6.45) is 1.01. The molecule has 0 spiro atoms. The molecule has 4 N–H and O–H groups in total. The van der Waals surface area contributed by atoms with E-state index in [1.807, 2.05) is 0 Å². The fraction of sp³-hybridized carbons (Fsp3) is 0.538. The lowest BCUT2D eigenvalue weighted by atomic mass is 10.2. The molecule has 0 aromatic heterocycles. The highest BCUT2D eigenvalue weighted by Gasteiger charge is 2.22. The summed E-state index contributed by atoms with van der Waals surface area (Å²) in [5.41, 5.74) is 7.35. The van der Waals surface area contributed by atoms with Crippen LogP contribution in [0.3, 0.4) is 0 Å². The van der Waals surface area contributed by atoms with E-state index in [1.54, 1.807) is 12.1 Å². The Labute approximate surface area is 120 Å². The number of nitrogens with zero attached hydrogens (tertiary/aromatic N) is 2. The van der Waals surface area contributed by atoms with E-state index < -0.39 is 10.0 Å². The zero-order chi connectivity index (χ0) is 14.9. The average molecular weight is 298 g/mol. The van der Waals surface area contributed by atoms with Crippen molar-refractivity contribution in [1.29, 1.82) is 0 Å². The van der Waals surface area contributed by atoms with Crippen molar-refractivity contribution in [2.45, 2.75) is 24.3 Å². The Morgan fingerprint density at radius 1 is 1.30 bits per heavy atom. The quantitative estimate of drug-likeness (QED) is 0.773. The summed E-state index contributed by atoms with van der Waals surface area (Å²) in [6, 6.07) is 4.90. The zero-order valence-corrected chi connectivity index (χ0v) is 12.7. The first-order valence-electron chi connectivity index (χ1n) is 6.66. The first-order chi connectivity index (χ1) is 9.29. The number of nitrogen functional groups attached to an aromatic ring is 1. The molecule has 1 aliphatic heterocycles. The molecule has 0 saturated carbocycles. The van der Waals surface area contributed by atoms with Crippen LogP contribution in [-0.4, -0.2) is 46.0 Å². The number of primary sulfonamides is 1. The lowest BCUT2D eigenvalue weighted by Crippen LogP contribution is -2.38. The Balaban J connectivity index is 2.40. The van der Waals surface area contributed by atoms with Crippen LogP contribution in [0, 0.1) is 0 Å². The van der Waals surface area contributed by atoms with Crippen molar-refractivity contribution in [3.63, 3.8) is 0 Å². The second-order valence-corrected chi connectivity index (χ2v) is 6.99.